The lowest BCUT2D eigenvalue weighted by molar-refractivity contribution is 0.0955. The number of aryl methyl sites for hydroxylation is 1. The molecule has 0 aliphatic carbocycles. The first-order chi connectivity index (χ1) is 15.2. The second-order valence-electron chi connectivity index (χ2n) is 7.15. The van der Waals surface area contributed by atoms with Crippen LogP contribution in [0.15, 0.2) is 102 Å². The first-order valence-electron chi connectivity index (χ1n) is 10.0. The highest BCUT2D eigenvalue weighted by atomic mass is 16.5. The van der Waals surface area contributed by atoms with Gasteiger partial charge in [0.2, 0.25) is 0 Å². The standard InChI is InChI=1S/C26H23N3O2/c1-20-11-13-21(14-12-20)19-31-23-8-6-7-22(17-23)18-27-28-26(30)24-9-2-3-10-25(24)29-15-4-5-16-29/h2-18H,19H2,1H3,(H,28,30)/b27-18-. The van der Waals surface area contributed by atoms with Crippen LogP contribution in [0, 0.1) is 6.92 Å². The number of para-hydroxylation sites is 1. The number of rotatable bonds is 7. The van der Waals surface area contributed by atoms with Crippen molar-refractivity contribution >= 4 is 12.1 Å². The maximum Gasteiger partial charge on any atom is 0.273 e. The summed E-state index contributed by atoms with van der Waals surface area (Å²) in [6.07, 6.45) is 5.41. The number of hydrazone groups is 1. The Morgan fingerprint density at radius 1 is 0.968 bits per heavy atom. The molecule has 5 nitrogen and oxygen atoms in total. The average molecular weight is 409 g/mol. The van der Waals surface area contributed by atoms with Gasteiger partial charge in [-0.3, -0.25) is 4.79 Å². The predicted molar refractivity (Wildman–Crippen MR) is 123 cm³/mol. The molecule has 4 rings (SSSR count). The Morgan fingerprint density at radius 2 is 1.74 bits per heavy atom. The summed E-state index contributed by atoms with van der Waals surface area (Å²) in [7, 11) is 0. The van der Waals surface area contributed by atoms with E-state index in [9.17, 15) is 4.79 Å². The van der Waals surface area contributed by atoms with Crippen molar-refractivity contribution in [1.82, 2.24) is 9.99 Å². The van der Waals surface area contributed by atoms with E-state index in [0.29, 0.717) is 12.2 Å². The summed E-state index contributed by atoms with van der Waals surface area (Å²) in [6.45, 7) is 2.55. The van der Waals surface area contributed by atoms with Crippen LogP contribution in [0.4, 0.5) is 0 Å². The minimum absolute atomic E-state index is 0.271. The van der Waals surface area contributed by atoms with E-state index in [0.717, 1.165) is 22.6 Å². The van der Waals surface area contributed by atoms with Gasteiger partial charge in [-0.25, -0.2) is 5.43 Å². The molecule has 0 fully saturated rings. The van der Waals surface area contributed by atoms with Crippen LogP contribution in [0.5, 0.6) is 5.75 Å². The third kappa shape index (κ3) is 5.28. The fraction of sp³-hybridized carbons (Fsp3) is 0.0769. The number of nitrogens with one attached hydrogen (secondary N) is 1. The van der Waals surface area contributed by atoms with Gasteiger partial charge in [0.05, 0.1) is 17.5 Å². The molecule has 0 radical (unpaired) electrons. The minimum Gasteiger partial charge on any atom is -0.489 e. The predicted octanol–water partition coefficient (Wildman–Crippen LogP) is 5.13. The Kier molecular flexibility index (Phi) is 6.24. The van der Waals surface area contributed by atoms with Gasteiger partial charge in [0.1, 0.15) is 12.4 Å². The number of benzene rings is 3. The zero-order valence-corrected chi connectivity index (χ0v) is 17.2. The number of carbonyl (C=O) groups excluding carboxylic acids is 1. The summed E-state index contributed by atoms with van der Waals surface area (Å²) in [6, 6.07) is 27.1. The van der Waals surface area contributed by atoms with Gasteiger partial charge in [0, 0.05) is 12.4 Å². The first kappa shape index (κ1) is 20.2. The van der Waals surface area contributed by atoms with Gasteiger partial charge in [-0.15, -0.1) is 0 Å². The van der Waals surface area contributed by atoms with Crippen molar-refractivity contribution in [2.24, 2.45) is 5.10 Å². The van der Waals surface area contributed by atoms with Crippen LogP contribution in [0.3, 0.4) is 0 Å². The number of aromatic nitrogens is 1. The highest BCUT2D eigenvalue weighted by Crippen LogP contribution is 2.16. The van der Waals surface area contributed by atoms with Crippen LogP contribution < -0.4 is 10.2 Å². The number of nitrogens with zero attached hydrogens (tertiary/aromatic N) is 2. The highest BCUT2D eigenvalue weighted by Gasteiger charge is 2.10. The van der Waals surface area contributed by atoms with Crippen molar-refractivity contribution in [3.8, 4) is 11.4 Å². The topological polar surface area (TPSA) is 55.6 Å². The van der Waals surface area contributed by atoms with Gasteiger partial charge in [-0.1, -0.05) is 54.1 Å². The molecule has 0 spiro atoms. The number of ether oxygens (including phenoxy) is 1. The molecular formula is C26H23N3O2. The number of carbonyl (C=O) groups is 1. The zero-order valence-electron chi connectivity index (χ0n) is 17.2. The molecule has 0 bridgehead atoms. The van der Waals surface area contributed by atoms with Gasteiger partial charge in [-0.2, -0.15) is 5.10 Å². The fourth-order valence-electron chi connectivity index (χ4n) is 3.15. The number of hydrogen-bond acceptors (Lipinski definition) is 3. The van der Waals surface area contributed by atoms with Crippen molar-refractivity contribution < 1.29 is 9.53 Å². The van der Waals surface area contributed by atoms with E-state index >= 15 is 0 Å². The van der Waals surface area contributed by atoms with E-state index in [1.165, 1.54) is 5.56 Å². The molecule has 5 heteroatoms. The van der Waals surface area contributed by atoms with Crippen LogP contribution >= 0.6 is 0 Å². The number of amides is 1. The van der Waals surface area contributed by atoms with E-state index in [1.807, 2.05) is 71.6 Å². The van der Waals surface area contributed by atoms with E-state index in [-0.39, 0.29) is 5.91 Å². The van der Waals surface area contributed by atoms with E-state index < -0.39 is 0 Å². The van der Waals surface area contributed by atoms with Crippen LogP contribution in [0.1, 0.15) is 27.0 Å². The van der Waals surface area contributed by atoms with Crippen LogP contribution in [0.25, 0.3) is 5.69 Å². The summed E-state index contributed by atoms with van der Waals surface area (Å²) in [5, 5.41) is 4.12. The molecule has 0 saturated carbocycles. The van der Waals surface area contributed by atoms with Crippen molar-refractivity contribution in [3.63, 3.8) is 0 Å². The first-order valence-corrected chi connectivity index (χ1v) is 10.0. The van der Waals surface area contributed by atoms with Crippen molar-refractivity contribution in [1.29, 1.82) is 0 Å². The molecule has 0 unspecified atom stereocenters. The normalized spacial score (nSPS) is 10.9. The highest BCUT2D eigenvalue weighted by molar-refractivity contribution is 5.98. The van der Waals surface area contributed by atoms with Crippen LogP contribution in [-0.4, -0.2) is 16.7 Å². The van der Waals surface area contributed by atoms with Crippen LogP contribution in [0.2, 0.25) is 0 Å². The summed E-state index contributed by atoms with van der Waals surface area (Å²) in [4.78, 5) is 12.6. The molecule has 1 heterocycles. The largest absolute Gasteiger partial charge is 0.489 e. The Hall–Kier alpha value is -4.12. The molecule has 1 aromatic heterocycles. The maximum absolute atomic E-state index is 12.6. The van der Waals surface area contributed by atoms with Gasteiger partial charge in [0.25, 0.3) is 5.91 Å². The van der Waals surface area contributed by atoms with E-state index in [4.69, 9.17) is 4.74 Å². The molecule has 0 aliphatic rings. The van der Waals surface area contributed by atoms with Gasteiger partial charge < -0.3 is 9.30 Å². The second kappa shape index (κ2) is 9.59. The lowest BCUT2D eigenvalue weighted by atomic mass is 10.1. The third-order valence-electron chi connectivity index (χ3n) is 4.80. The van der Waals surface area contributed by atoms with Gasteiger partial charge >= 0.3 is 0 Å². The molecular weight excluding hydrogens is 386 g/mol. The number of hydrogen-bond donors (Lipinski definition) is 1. The van der Waals surface area contributed by atoms with Gasteiger partial charge in [-0.05, 0) is 54.4 Å². The van der Waals surface area contributed by atoms with Crippen LogP contribution in [-0.2, 0) is 6.61 Å². The van der Waals surface area contributed by atoms with Gasteiger partial charge in [0.15, 0.2) is 0 Å². The molecule has 4 aromatic rings. The zero-order chi connectivity index (χ0) is 21.5. The summed E-state index contributed by atoms with van der Waals surface area (Å²) < 4.78 is 7.77. The van der Waals surface area contributed by atoms with E-state index in [1.54, 1.807) is 12.3 Å². The third-order valence-corrected chi connectivity index (χ3v) is 4.80. The lowest BCUT2D eigenvalue weighted by Crippen LogP contribution is -2.19. The maximum atomic E-state index is 12.6. The molecule has 1 N–H and O–H groups in total. The molecule has 3 aromatic carbocycles. The quantitative estimate of drug-likeness (QED) is 0.340. The monoisotopic (exact) mass is 409 g/mol. The Bertz CT molecular complexity index is 1180. The molecule has 0 atom stereocenters. The minimum atomic E-state index is -0.271. The molecule has 31 heavy (non-hydrogen) atoms. The Labute approximate surface area is 181 Å². The SMILES string of the molecule is Cc1ccc(COc2cccc(/C=N\NC(=O)c3ccccc3-n3cccc3)c2)cc1. The molecule has 154 valence electrons. The summed E-state index contributed by atoms with van der Waals surface area (Å²) in [5.41, 5.74) is 7.12. The lowest BCUT2D eigenvalue weighted by Gasteiger charge is -2.09. The van der Waals surface area contributed by atoms with Crippen molar-refractivity contribution in [2.75, 3.05) is 0 Å². The summed E-state index contributed by atoms with van der Waals surface area (Å²) >= 11 is 0. The van der Waals surface area contributed by atoms with E-state index in [2.05, 4.69) is 41.7 Å². The molecule has 1 amide bonds. The van der Waals surface area contributed by atoms with Crippen molar-refractivity contribution in [2.45, 2.75) is 13.5 Å². The molecule has 0 saturated heterocycles. The van der Waals surface area contributed by atoms with Crippen molar-refractivity contribution in [3.05, 3.63) is 120 Å². The molecule has 0 aliphatic heterocycles. The smallest absolute Gasteiger partial charge is 0.273 e. The fourth-order valence-corrected chi connectivity index (χ4v) is 3.15. The Morgan fingerprint density at radius 3 is 2.55 bits per heavy atom. The Balaban J connectivity index is 1.39. The summed E-state index contributed by atoms with van der Waals surface area (Å²) in [5.74, 6) is 0.473. The average Bonchev–Trinajstić information content (AvgIpc) is 3.34. The second-order valence-corrected chi connectivity index (χ2v) is 7.15.